The minimum atomic E-state index is -1.44. The molecule has 1 saturated heterocycles. The molecule has 0 bridgehead atoms. The summed E-state index contributed by atoms with van der Waals surface area (Å²) in [5, 5.41) is 31.6. The zero-order chi connectivity index (χ0) is 18.5. The summed E-state index contributed by atoms with van der Waals surface area (Å²) in [6, 6.07) is 0. The predicted molar refractivity (Wildman–Crippen MR) is 94.0 cm³/mol. The molecule has 1 aliphatic heterocycles. The van der Waals surface area contributed by atoms with Crippen molar-refractivity contribution >= 4 is 5.78 Å². The molecule has 1 heterocycles. The molecule has 0 radical (unpaired) electrons. The fourth-order valence-corrected chi connectivity index (χ4v) is 7.91. The van der Waals surface area contributed by atoms with E-state index in [1.54, 1.807) is 0 Å². The summed E-state index contributed by atoms with van der Waals surface area (Å²) in [5.41, 5.74) is 0.128. The summed E-state index contributed by atoms with van der Waals surface area (Å²) in [5.74, 6) is -0.280. The standard InChI is InChI=1S/C21H30O5/c1-18-7-5-13(23)9-12(18)3-4-14-15-6-8-20(21(25,11-22)26-20)19(15,2)10-16(24)17(14)18/h9,14-17,22,24-25H,3-8,10-11H2,1-2H3/t14-,15-,16-,17+,18-,19-,20+,21-/m0/s1. The maximum atomic E-state index is 11.9. The Morgan fingerprint density at radius 1 is 1.23 bits per heavy atom. The molecule has 0 aromatic heterocycles. The van der Waals surface area contributed by atoms with Crippen LogP contribution in [-0.4, -0.2) is 45.2 Å². The highest BCUT2D eigenvalue weighted by atomic mass is 16.8. The Labute approximate surface area is 154 Å². The number of carbonyl (C=O) groups is 1. The van der Waals surface area contributed by atoms with E-state index in [2.05, 4.69) is 13.8 Å². The van der Waals surface area contributed by atoms with Crippen LogP contribution in [0.5, 0.6) is 0 Å². The first-order valence-corrected chi connectivity index (χ1v) is 10.2. The van der Waals surface area contributed by atoms with E-state index in [-0.39, 0.29) is 29.1 Å². The van der Waals surface area contributed by atoms with Crippen molar-refractivity contribution in [2.45, 2.75) is 76.3 Å². The average molecular weight is 362 g/mol. The molecule has 4 aliphatic carbocycles. The first kappa shape index (κ1) is 17.4. The third kappa shape index (κ3) is 1.79. The average Bonchev–Trinajstić information content (AvgIpc) is 3.10. The lowest BCUT2D eigenvalue weighted by molar-refractivity contribution is -0.137. The number of ketones is 1. The lowest BCUT2D eigenvalue weighted by Gasteiger charge is -2.59. The van der Waals surface area contributed by atoms with E-state index in [0.717, 1.165) is 32.1 Å². The van der Waals surface area contributed by atoms with Gasteiger partial charge in [0.2, 0.25) is 5.79 Å². The zero-order valence-electron chi connectivity index (χ0n) is 15.7. The number of ether oxygens (including phenoxy) is 1. The third-order valence-electron chi connectivity index (χ3n) is 9.16. The van der Waals surface area contributed by atoms with Crippen molar-refractivity contribution in [3.05, 3.63) is 11.6 Å². The van der Waals surface area contributed by atoms with E-state index >= 15 is 0 Å². The summed E-state index contributed by atoms with van der Waals surface area (Å²) >= 11 is 0. The molecule has 144 valence electrons. The third-order valence-corrected chi connectivity index (χ3v) is 9.16. The van der Waals surface area contributed by atoms with Crippen molar-refractivity contribution in [2.75, 3.05) is 6.61 Å². The van der Waals surface area contributed by atoms with Gasteiger partial charge in [-0.15, -0.1) is 0 Å². The van der Waals surface area contributed by atoms with Gasteiger partial charge >= 0.3 is 0 Å². The van der Waals surface area contributed by atoms with E-state index in [0.29, 0.717) is 24.7 Å². The number of fused-ring (bicyclic) bond motifs is 6. The Balaban J connectivity index is 1.53. The van der Waals surface area contributed by atoms with E-state index in [1.807, 2.05) is 6.08 Å². The maximum absolute atomic E-state index is 11.9. The molecule has 0 unspecified atom stereocenters. The van der Waals surface area contributed by atoms with E-state index in [1.165, 1.54) is 5.57 Å². The number of allylic oxidation sites excluding steroid dienone is 1. The molecule has 0 amide bonds. The van der Waals surface area contributed by atoms with Crippen molar-refractivity contribution in [1.29, 1.82) is 0 Å². The summed E-state index contributed by atoms with van der Waals surface area (Å²) in [4.78, 5) is 11.9. The first-order valence-electron chi connectivity index (χ1n) is 10.2. The quantitative estimate of drug-likeness (QED) is 0.620. The molecule has 0 aromatic carbocycles. The zero-order valence-corrected chi connectivity index (χ0v) is 15.7. The highest BCUT2D eigenvalue weighted by Crippen LogP contribution is 2.74. The highest BCUT2D eigenvalue weighted by molar-refractivity contribution is 5.91. The molecule has 5 heteroatoms. The fourth-order valence-electron chi connectivity index (χ4n) is 7.91. The van der Waals surface area contributed by atoms with Gasteiger partial charge in [-0.05, 0) is 67.8 Å². The topological polar surface area (TPSA) is 90.3 Å². The Bertz CT molecular complexity index is 703. The van der Waals surface area contributed by atoms with Gasteiger partial charge < -0.3 is 20.1 Å². The highest BCUT2D eigenvalue weighted by Gasteiger charge is 2.82. The van der Waals surface area contributed by atoms with Gasteiger partial charge in [-0.1, -0.05) is 19.4 Å². The van der Waals surface area contributed by atoms with Crippen LogP contribution in [0, 0.1) is 28.6 Å². The van der Waals surface area contributed by atoms with Crippen LogP contribution in [0.1, 0.15) is 58.8 Å². The Morgan fingerprint density at radius 2 is 2.00 bits per heavy atom. The monoisotopic (exact) mass is 362 g/mol. The van der Waals surface area contributed by atoms with Gasteiger partial charge in [0.25, 0.3) is 0 Å². The van der Waals surface area contributed by atoms with Gasteiger partial charge in [0.1, 0.15) is 12.2 Å². The second kappa shape index (κ2) is 4.99. The first-order chi connectivity index (χ1) is 12.2. The Kier molecular flexibility index (Phi) is 3.33. The van der Waals surface area contributed by atoms with Crippen LogP contribution in [0.15, 0.2) is 11.6 Å². The van der Waals surface area contributed by atoms with Crippen molar-refractivity contribution in [3.63, 3.8) is 0 Å². The number of rotatable bonds is 1. The number of carbonyl (C=O) groups excluding carboxylic acids is 1. The van der Waals surface area contributed by atoms with Crippen LogP contribution in [0.4, 0.5) is 0 Å². The SMILES string of the molecule is C[C@]12CCC(=O)C=C1CC[C@@H]1[C@@H]2[C@@H](O)C[C@@]2(C)[C@H]1CC[C@@]21O[C@@]1(O)CO. The predicted octanol–water partition coefficient (Wildman–Crippen LogP) is 1.94. The maximum Gasteiger partial charge on any atom is 0.220 e. The largest absolute Gasteiger partial charge is 0.393 e. The van der Waals surface area contributed by atoms with Crippen LogP contribution < -0.4 is 0 Å². The number of aliphatic hydroxyl groups excluding tert-OH is 2. The second-order valence-corrected chi connectivity index (χ2v) is 9.99. The smallest absolute Gasteiger partial charge is 0.220 e. The van der Waals surface area contributed by atoms with E-state index in [9.17, 15) is 20.1 Å². The molecule has 5 nitrogen and oxygen atoms in total. The van der Waals surface area contributed by atoms with E-state index < -0.39 is 17.5 Å². The van der Waals surface area contributed by atoms with Crippen LogP contribution >= 0.6 is 0 Å². The second-order valence-electron chi connectivity index (χ2n) is 9.99. The lowest BCUT2D eigenvalue weighted by atomic mass is 9.45. The molecular formula is C21H30O5. The molecule has 3 N–H and O–H groups in total. The molecule has 3 saturated carbocycles. The van der Waals surface area contributed by atoms with Crippen molar-refractivity contribution in [2.24, 2.45) is 28.6 Å². The molecule has 8 atom stereocenters. The molecule has 5 rings (SSSR count). The Morgan fingerprint density at radius 3 is 2.69 bits per heavy atom. The summed E-state index contributed by atoms with van der Waals surface area (Å²) in [6.45, 7) is 4.01. The molecule has 5 aliphatic rings. The summed E-state index contributed by atoms with van der Waals surface area (Å²) in [6.07, 6.45) is 7.04. The van der Waals surface area contributed by atoms with Gasteiger partial charge in [0.15, 0.2) is 5.78 Å². The van der Waals surface area contributed by atoms with Crippen LogP contribution in [0.2, 0.25) is 0 Å². The lowest BCUT2D eigenvalue weighted by Crippen LogP contribution is -2.58. The van der Waals surface area contributed by atoms with Crippen LogP contribution in [-0.2, 0) is 9.53 Å². The molecule has 0 aromatic rings. The molecule has 26 heavy (non-hydrogen) atoms. The normalized spacial score (nSPS) is 58.0. The Hall–Kier alpha value is -0.750. The minimum Gasteiger partial charge on any atom is -0.393 e. The molecule has 1 spiro atoms. The van der Waals surface area contributed by atoms with Crippen molar-refractivity contribution in [1.82, 2.24) is 0 Å². The van der Waals surface area contributed by atoms with Crippen molar-refractivity contribution < 1.29 is 24.9 Å². The van der Waals surface area contributed by atoms with Gasteiger partial charge in [-0.25, -0.2) is 0 Å². The van der Waals surface area contributed by atoms with Gasteiger partial charge in [-0.3, -0.25) is 4.79 Å². The summed E-state index contributed by atoms with van der Waals surface area (Å²) < 4.78 is 5.79. The minimum absolute atomic E-state index is 0.0922. The number of epoxide rings is 1. The molecular weight excluding hydrogens is 332 g/mol. The van der Waals surface area contributed by atoms with Crippen LogP contribution in [0.3, 0.4) is 0 Å². The van der Waals surface area contributed by atoms with E-state index in [4.69, 9.17) is 4.74 Å². The fraction of sp³-hybridized carbons (Fsp3) is 0.857. The number of hydrogen-bond donors (Lipinski definition) is 3. The van der Waals surface area contributed by atoms with Crippen molar-refractivity contribution in [3.8, 4) is 0 Å². The number of hydrogen-bond acceptors (Lipinski definition) is 5. The van der Waals surface area contributed by atoms with Gasteiger partial charge in [0, 0.05) is 11.8 Å². The molecule has 4 fully saturated rings. The van der Waals surface area contributed by atoms with Gasteiger partial charge in [-0.2, -0.15) is 0 Å². The number of aliphatic hydroxyl groups is 3. The summed E-state index contributed by atoms with van der Waals surface area (Å²) in [7, 11) is 0. The van der Waals surface area contributed by atoms with Crippen LogP contribution in [0.25, 0.3) is 0 Å². The van der Waals surface area contributed by atoms with Gasteiger partial charge in [0.05, 0.1) is 6.10 Å².